The molecule has 27 atom stereocenters. The highest BCUT2D eigenvalue weighted by Gasteiger charge is 2.61. The number of phosphoric ester groups is 1. The van der Waals surface area contributed by atoms with Crippen molar-refractivity contribution in [3.8, 4) is 0 Å². The SMILES string of the molecule is C=C(C/C=C(\C)CCC=C(C)C)CCC(C)(C)/C=C/CC/C(C)=C\CO[C@H](COP(=O)(O)O[C@H]1O[C@@H](C(N)=O)[C@@](C)(O)[C@H](O)[C@@H]1O[C@@H]1O[C@@H](CO[C@@H]2O[C@@H](CO)[C@@H](O)[C@H](O)[C@@H]2O)[C@@H](O[C@@H]2O[C@@H](C)[C@@H](O[C@@H]3O[C@@H](C(=O)NC4=C(O)CCC4=O)[C@H](O)[C@H](O)[C@@H]3O)[C@H](O)[C@@H]2NC(C)=O)[C@H](O)[C@@H]1NC(C)=O)C(=O)O. The highest BCUT2D eigenvalue weighted by atomic mass is 31.2. The first kappa shape index (κ1) is 89.4. The molecule has 0 saturated carbocycles. The van der Waals surface area contributed by atoms with Crippen LogP contribution < -0.4 is 21.7 Å². The van der Waals surface area contributed by atoms with E-state index in [0.717, 1.165) is 64.0 Å². The second-order valence-electron chi connectivity index (χ2n) is 28.4. The number of carboxylic acid groups (broad SMARTS) is 1. The number of nitrogens with one attached hydrogen (secondary N) is 3. The standard InChI is InChI=1S/C68H107N4O33P/c1-30(2)15-14-17-31(3)18-19-33(5)22-25-67(9,10)24-13-12-16-32(4)23-26-94-41(61(89)90)29-96-106(92,93)105-66-56(57(86)68(11,91)58(104-66)59(69)87)103-63-44(71-36(8)75)47(80)54(40(99-63)28-95-64-51(84)48(81)45(78)39(27-73)98-64)101-62-43(70-35(7)74)46(79)53(34(6)97-62)100-65-52(85)49(82)50(83)55(102-65)60(88)72-42-37(76)20-21-38(42)77/h13,15,18,23-24,34,39-41,43-58,62-66,73,76,78-86,91H,5,12,14,16-17,19-22,25-29H2,1-4,6-11H3,(H2,69,87)(H,70,74)(H,71,75)(H,72,88)(H,89,90)(H,92,93)/b24-13+,31-18+,32-23-/t34-,39-,40-,41+,43-,44-,45+,46+,47+,48-,49-,50+,51-,52-,53+,54+,55+,56-,57+,58-,62-,63-,64+,65+,66+,68-/m0/s1. The van der Waals surface area contributed by atoms with Crippen LogP contribution in [-0.4, -0.2) is 292 Å². The number of amides is 4. The molecule has 0 bridgehead atoms. The number of aliphatic carboxylic acids is 1. The number of aliphatic hydroxyl groups is 12. The van der Waals surface area contributed by atoms with Crippen molar-refractivity contribution in [2.75, 3.05) is 26.4 Å². The molecule has 0 aromatic rings. The molecule has 0 aromatic carbocycles. The van der Waals surface area contributed by atoms with E-state index in [2.05, 4.69) is 75.4 Å². The first-order valence-corrected chi connectivity index (χ1v) is 36.2. The predicted octanol–water partition coefficient (Wildman–Crippen LogP) is -2.13. The Morgan fingerprint density at radius 3 is 1.89 bits per heavy atom. The molecule has 6 aliphatic rings. The summed E-state index contributed by atoms with van der Waals surface area (Å²) in [6.07, 6.45) is -32.7. The van der Waals surface area contributed by atoms with Crippen LogP contribution in [0.15, 0.2) is 70.7 Å². The molecule has 5 fully saturated rings. The molecule has 0 aromatic heterocycles. The normalized spacial score (nSPS) is 36.4. The van der Waals surface area contributed by atoms with Crippen LogP contribution in [0.5, 0.6) is 0 Å². The number of nitrogens with two attached hydrogens (primary N) is 1. The molecule has 1 unspecified atom stereocenters. The van der Waals surface area contributed by atoms with Crippen LogP contribution in [0.3, 0.4) is 0 Å². The number of ketones is 1. The lowest BCUT2D eigenvalue weighted by molar-refractivity contribution is -0.375. The number of rotatable bonds is 36. The molecular formula is C68H107N4O33P. The molecule has 38 heteroatoms. The maximum atomic E-state index is 13.9. The number of primary amides is 1. The molecule has 4 amide bonds. The summed E-state index contributed by atoms with van der Waals surface area (Å²) in [7, 11) is -5.76. The summed E-state index contributed by atoms with van der Waals surface area (Å²) in [6, 6.07) is -3.90. The third-order valence-electron chi connectivity index (χ3n) is 18.7. The minimum Gasteiger partial charge on any atom is -0.510 e. The summed E-state index contributed by atoms with van der Waals surface area (Å²) in [5.74, 6) is -7.49. The van der Waals surface area contributed by atoms with Crippen LogP contribution in [0, 0.1) is 5.41 Å². The van der Waals surface area contributed by atoms with Gasteiger partial charge in [-0.15, -0.1) is 0 Å². The fourth-order valence-electron chi connectivity index (χ4n) is 12.3. The van der Waals surface area contributed by atoms with E-state index in [1.807, 2.05) is 6.08 Å². The number of allylic oxidation sites excluding steroid dienone is 10. The van der Waals surface area contributed by atoms with E-state index in [9.17, 15) is 105 Å². The van der Waals surface area contributed by atoms with Crippen LogP contribution >= 0.6 is 7.82 Å². The Morgan fingerprint density at radius 2 is 1.29 bits per heavy atom. The molecule has 5 heterocycles. The van der Waals surface area contributed by atoms with Crippen molar-refractivity contribution in [2.24, 2.45) is 11.1 Å². The van der Waals surface area contributed by atoms with Crippen LogP contribution in [0.2, 0.25) is 0 Å². The molecule has 0 radical (unpaired) electrons. The van der Waals surface area contributed by atoms with Crippen LogP contribution in [0.4, 0.5) is 0 Å². The van der Waals surface area contributed by atoms with E-state index >= 15 is 0 Å². The summed E-state index contributed by atoms with van der Waals surface area (Å²) in [6.45, 7) is 17.0. The van der Waals surface area contributed by atoms with Crippen molar-refractivity contribution in [3.05, 3.63) is 70.7 Å². The minimum atomic E-state index is -5.76. The van der Waals surface area contributed by atoms with Crippen LogP contribution in [0.25, 0.3) is 0 Å². The number of aliphatic hydroxyl groups excluding tert-OH is 11. The highest BCUT2D eigenvalue weighted by Crippen LogP contribution is 2.49. The fourth-order valence-corrected chi connectivity index (χ4v) is 13.2. The molecule has 5 aliphatic heterocycles. The van der Waals surface area contributed by atoms with Crippen molar-refractivity contribution in [3.63, 3.8) is 0 Å². The smallest absolute Gasteiger partial charge is 0.474 e. The van der Waals surface area contributed by atoms with Gasteiger partial charge in [0.15, 0.2) is 55.5 Å². The zero-order chi connectivity index (χ0) is 79.2. The van der Waals surface area contributed by atoms with Gasteiger partial charge in [0.2, 0.25) is 17.7 Å². The topological polar surface area (TPSA) is 576 Å². The number of hydrogen-bond donors (Lipinski definition) is 18. The largest absolute Gasteiger partial charge is 0.510 e. The maximum absolute atomic E-state index is 13.9. The number of carbonyl (C=O) groups is 6. The summed E-state index contributed by atoms with van der Waals surface area (Å²) in [4.78, 5) is 88.4. The molecule has 37 nitrogen and oxygen atoms in total. The number of Topliss-reactive ketones (excluding diaryl/α,β-unsaturated/α-hetero) is 1. The molecule has 106 heavy (non-hydrogen) atoms. The quantitative estimate of drug-likeness (QED) is 0.0235. The van der Waals surface area contributed by atoms with Crippen molar-refractivity contribution < 1.29 is 161 Å². The summed E-state index contributed by atoms with van der Waals surface area (Å²) < 4.78 is 83.1. The first-order valence-electron chi connectivity index (χ1n) is 34.7. The van der Waals surface area contributed by atoms with E-state index in [0.29, 0.717) is 12.8 Å². The monoisotopic (exact) mass is 1540 g/mol. The second-order valence-corrected chi connectivity index (χ2v) is 29.8. The average molecular weight is 1540 g/mol. The first-order chi connectivity index (χ1) is 49.5. The number of phosphoric acid groups is 1. The van der Waals surface area contributed by atoms with Gasteiger partial charge in [0.25, 0.3) is 5.91 Å². The Hall–Kier alpha value is -5.47. The van der Waals surface area contributed by atoms with Crippen LogP contribution in [0.1, 0.15) is 127 Å². The van der Waals surface area contributed by atoms with E-state index in [1.165, 1.54) is 18.1 Å². The Labute approximate surface area is 612 Å². The van der Waals surface area contributed by atoms with E-state index < -0.39 is 233 Å². The van der Waals surface area contributed by atoms with Crippen LogP contribution in [-0.2, 0) is 89.7 Å². The lowest BCUT2D eigenvalue weighted by Crippen LogP contribution is -2.72. The van der Waals surface area contributed by atoms with Gasteiger partial charge < -0.3 is 140 Å². The number of carbonyl (C=O) groups excluding carboxylic acids is 5. The van der Waals surface area contributed by atoms with Gasteiger partial charge in [-0.05, 0) is 91.9 Å². The van der Waals surface area contributed by atoms with Crippen molar-refractivity contribution in [1.29, 1.82) is 0 Å². The second kappa shape index (κ2) is 39.4. The van der Waals surface area contributed by atoms with Crippen molar-refractivity contribution in [1.82, 2.24) is 16.0 Å². The summed E-state index contributed by atoms with van der Waals surface area (Å²) in [5, 5.41) is 150. The Balaban J connectivity index is 1.21. The molecule has 5 saturated heterocycles. The Kier molecular flexibility index (Phi) is 33.3. The van der Waals surface area contributed by atoms with Gasteiger partial charge in [-0.25, -0.2) is 9.36 Å². The molecular weight excluding hydrogens is 1430 g/mol. The zero-order valence-electron chi connectivity index (χ0n) is 60.8. The van der Waals surface area contributed by atoms with Gasteiger partial charge in [0.05, 0.1) is 32.5 Å². The van der Waals surface area contributed by atoms with Gasteiger partial charge in [-0.2, -0.15) is 0 Å². The lowest BCUT2D eigenvalue weighted by Gasteiger charge is -2.51. The number of carboxylic acids is 1. The van der Waals surface area contributed by atoms with Crippen molar-refractivity contribution >= 4 is 43.2 Å². The van der Waals surface area contributed by atoms with Gasteiger partial charge in [-0.3, -0.25) is 33.0 Å². The zero-order valence-corrected chi connectivity index (χ0v) is 61.7. The third kappa shape index (κ3) is 24.3. The maximum Gasteiger partial charge on any atom is 0.474 e. The molecule has 1 aliphatic carbocycles. The lowest BCUT2D eigenvalue weighted by atomic mass is 9.85. The molecule has 6 rings (SSSR count). The third-order valence-corrected chi connectivity index (χ3v) is 19.6. The minimum absolute atomic E-state index is 0.119. The molecule has 19 N–H and O–H groups in total. The van der Waals surface area contributed by atoms with Gasteiger partial charge in [0.1, 0.15) is 115 Å². The van der Waals surface area contributed by atoms with Gasteiger partial charge >= 0.3 is 13.8 Å². The fraction of sp³-hybridized carbons (Fsp3) is 0.735. The van der Waals surface area contributed by atoms with Gasteiger partial charge in [-0.1, -0.05) is 73.1 Å². The highest BCUT2D eigenvalue weighted by molar-refractivity contribution is 7.47. The van der Waals surface area contributed by atoms with Gasteiger partial charge in [0, 0.05) is 26.7 Å². The van der Waals surface area contributed by atoms with E-state index in [4.69, 9.17) is 62.1 Å². The predicted molar refractivity (Wildman–Crippen MR) is 363 cm³/mol. The average Bonchev–Trinajstić information content (AvgIpc) is 0.886. The summed E-state index contributed by atoms with van der Waals surface area (Å²) in [5.41, 5.74) is 6.63. The molecule has 602 valence electrons. The van der Waals surface area contributed by atoms with E-state index in [1.54, 1.807) is 13.0 Å². The summed E-state index contributed by atoms with van der Waals surface area (Å²) >= 11 is 0. The Bertz CT molecular complexity index is 3230. The van der Waals surface area contributed by atoms with Crippen molar-refractivity contribution in [2.45, 2.75) is 286 Å². The number of ether oxygens (including phenoxy) is 10. The number of hydrogen-bond acceptors (Lipinski definition) is 31. The van der Waals surface area contributed by atoms with E-state index in [-0.39, 0.29) is 24.9 Å². The molecule has 0 spiro atoms. The Morgan fingerprint density at radius 1 is 0.717 bits per heavy atom.